The van der Waals surface area contributed by atoms with Crippen molar-refractivity contribution in [2.24, 2.45) is 0 Å². The number of hydrogen-bond donors (Lipinski definition) is 2. The molecule has 30 heavy (non-hydrogen) atoms. The number of alkyl carbamates (subject to hydrolysis) is 1. The van der Waals surface area contributed by atoms with E-state index in [2.05, 4.69) is 15.3 Å². The Morgan fingerprint density at radius 1 is 1.23 bits per heavy atom. The molecule has 0 radical (unpaired) electrons. The van der Waals surface area contributed by atoms with Crippen LogP contribution in [0, 0.1) is 0 Å². The van der Waals surface area contributed by atoms with Crippen LogP contribution in [0.3, 0.4) is 0 Å². The quantitative estimate of drug-likeness (QED) is 0.729. The molecule has 164 valence electrons. The fourth-order valence-corrected chi connectivity index (χ4v) is 5.76. The molecule has 0 aromatic carbocycles. The number of carbonyl (C=O) groups excluding carboxylic acids is 1. The third-order valence-corrected chi connectivity index (χ3v) is 7.02. The zero-order valence-electron chi connectivity index (χ0n) is 17.9. The molecule has 2 heterocycles. The van der Waals surface area contributed by atoms with Crippen LogP contribution in [0.25, 0.3) is 10.2 Å². The molecule has 2 N–H and O–H groups in total. The van der Waals surface area contributed by atoms with E-state index in [9.17, 15) is 9.90 Å². The maximum atomic E-state index is 12.0. The predicted octanol–water partition coefficient (Wildman–Crippen LogP) is 4.32. The Morgan fingerprint density at radius 3 is 2.70 bits per heavy atom. The lowest BCUT2D eigenvalue weighted by molar-refractivity contribution is 0.0470. The number of aryl methyl sites for hydroxylation is 1. The summed E-state index contributed by atoms with van der Waals surface area (Å²) in [5, 5.41) is 13.5. The van der Waals surface area contributed by atoms with Gasteiger partial charge in [0.05, 0.1) is 5.39 Å². The van der Waals surface area contributed by atoms with Crippen molar-refractivity contribution in [2.75, 3.05) is 6.61 Å². The molecule has 2 aliphatic rings. The topological polar surface area (TPSA) is 93.6 Å². The summed E-state index contributed by atoms with van der Waals surface area (Å²) in [5.41, 5.74) is 0.803. The Balaban J connectivity index is 1.41. The highest BCUT2D eigenvalue weighted by Crippen LogP contribution is 2.47. The van der Waals surface area contributed by atoms with Gasteiger partial charge in [0.25, 0.3) is 0 Å². The summed E-state index contributed by atoms with van der Waals surface area (Å²) in [4.78, 5) is 23.3. The fourth-order valence-electron chi connectivity index (χ4n) is 4.53. The molecule has 1 atom stereocenters. The molecule has 0 unspecified atom stereocenters. The van der Waals surface area contributed by atoms with Crippen LogP contribution >= 0.6 is 11.3 Å². The number of fused-ring (bicyclic) bond motifs is 3. The molecule has 8 heteroatoms. The van der Waals surface area contributed by atoms with E-state index in [1.165, 1.54) is 10.4 Å². The van der Waals surface area contributed by atoms with Gasteiger partial charge in [-0.25, -0.2) is 14.8 Å². The van der Waals surface area contributed by atoms with Crippen molar-refractivity contribution >= 4 is 27.6 Å². The first-order valence-electron chi connectivity index (χ1n) is 10.9. The smallest absolute Gasteiger partial charge is 0.407 e. The first-order chi connectivity index (χ1) is 14.3. The van der Waals surface area contributed by atoms with Crippen LogP contribution in [0.5, 0.6) is 5.88 Å². The molecule has 2 aliphatic carbocycles. The van der Waals surface area contributed by atoms with Crippen molar-refractivity contribution in [3.8, 4) is 5.88 Å². The van der Waals surface area contributed by atoms with E-state index >= 15 is 0 Å². The van der Waals surface area contributed by atoms with Gasteiger partial charge in [-0.2, -0.15) is 0 Å². The summed E-state index contributed by atoms with van der Waals surface area (Å²) in [5.74, 6) is 1.03. The van der Waals surface area contributed by atoms with E-state index in [0.717, 1.165) is 55.2 Å². The number of amides is 1. The fraction of sp³-hybridized carbons (Fsp3) is 0.682. The van der Waals surface area contributed by atoms with E-state index in [4.69, 9.17) is 9.47 Å². The van der Waals surface area contributed by atoms with E-state index in [0.29, 0.717) is 11.8 Å². The molecule has 0 spiro atoms. The maximum Gasteiger partial charge on any atom is 0.407 e. The first kappa shape index (κ1) is 21.3. The molecule has 0 saturated heterocycles. The van der Waals surface area contributed by atoms with Crippen molar-refractivity contribution in [1.29, 1.82) is 0 Å². The summed E-state index contributed by atoms with van der Waals surface area (Å²) < 4.78 is 11.7. The van der Waals surface area contributed by atoms with Gasteiger partial charge in [0.1, 0.15) is 22.9 Å². The summed E-state index contributed by atoms with van der Waals surface area (Å²) >= 11 is 1.73. The van der Waals surface area contributed by atoms with E-state index < -0.39 is 5.60 Å². The number of nitrogens with zero attached hydrogens (tertiary/aromatic N) is 2. The first-order valence-corrected chi connectivity index (χ1v) is 11.7. The molecule has 2 aromatic rings. The average Bonchev–Trinajstić information content (AvgIpc) is 3.22. The molecular weight excluding hydrogens is 402 g/mol. The van der Waals surface area contributed by atoms with E-state index in [1.54, 1.807) is 17.7 Å². The van der Waals surface area contributed by atoms with Gasteiger partial charge in [-0.3, -0.25) is 0 Å². The number of hydrogen-bond acceptors (Lipinski definition) is 7. The lowest BCUT2D eigenvalue weighted by Crippen LogP contribution is -2.42. The van der Waals surface area contributed by atoms with Crippen LogP contribution in [0.15, 0.2) is 6.33 Å². The Bertz CT molecular complexity index is 900. The minimum Gasteiger partial charge on any atom is -0.474 e. The molecule has 2 aromatic heterocycles. The Labute approximate surface area is 181 Å². The van der Waals surface area contributed by atoms with Crippen LogP contribution in [0.2, 0.25) is 0 Å². The highest BCUT2D eigenvalue weighted by atomic mass is 32.1. The Kier molecular flexibility index (Phi) is 6.16. The monoisotopic (exact) mass is 433 g/mol. The molecule has 1 saturated carbocycles. The number of ether oxygens (including phenoxy) is 2. The number of carbonyl (C=O) groups is 1. The van der Waals surface area contributed by atoms with Crippen molar-refractivity contribution in [3.05, 3.63) is 16.8 Å². The van der Waals surface area contributed by atoms with Gasteiger partial charge in [-0.05, 0) is 77.2 Å². The van der Waals surface area contributed by atoms with Crippen molar-refractivity contribution in [1.82, 2.24) is 15.3 Å². The third-order valence-electron chi connectivity index (χ3n) is 5.85. The summed E-state index contributed by atoms with van der Waals surface area (Å²) in [7, 11) is 0. The van der Waals surface area contributed by atoms with Gasteiger partial charge < -0.3 is 19.9 Å². The Hall–Kier alpha value is -1.93. The lowest BCUT2D eigenvalue weighted by atomic mass is 9.93. The number of aliphatic hydroxyl groups is 1. The number of aromatic nitrogens is 2. The molecule has 7 nitrogen and oxygen atoms in total. The van der Waals surface area contributed by atoms with Crippen molar-refractivity contribution in [2.45, 2.75) is 89.4 Å². The average molecular weight is 434 g/mol. The van der Waals surface area contributed by atoms with Gasteiger partial charge >= 0.3 is 6.09 Å². The lowest BCUT2D eigenvalue weighted by Gasteiger charge is -2.30. The molecular formula is C22H31N3O4S. The number of thiophene rings is 1. The minimum atomic E-state index is -0.489. The second-order valence-electron chi connectivity index (χ2n) is 9.28. The van der Waals surface area contributed by atoms with Crippen molar-refractivity contribution in [3.63, 3.8) is 0 Å². The van der Waals surface area contributed by atoms with Crippen LogP contribution in [-0.2, 0) is 11.2 Å². The molecule has 0 aliphatic heterocycles. The van der Waals surface area contributed by atoms with Gasteiger partial charge in [0.2, 0.25) is 5.88 Å². The summed E-state index contributed by atoms with van der Waals surface area (Å²) in [6.07, 6.45) is 7.63. The molecule has 1 fully saturated rings. The van der Waals surface area contributed by atoms with Crippen LogP contribution in [0.1, 0.15) is 75.7 Å². The predicted molar refractivity (Wildman–Crippen MR) is 116 cm³/mol. The van der Waals surface area contributed by atoms with Gasteiger partial charge in [-0.1, -0.05) is 0 Å². The SMILES string of the molecule is CC(C)(C)OC(=O)NC1CCC(Oc2ncnc3sc4c(c23)[C@@H](CCO)CC4)CC1. The molecule has 4 rings (SSSR count). The van der Waals surface area contributed by atoms with Crippen LogP contribution < -0.4 is 10.1 Å². The maximum absolute atomic E-state index is 12.0. The van der Waals surface area contributed by atoms with Gasteiger partial charge in [0.15, 0.2) is 0 Å². The Morgan fingerprint density at radius 2 is 2.00 bits per heavy atom. The van der Waals surface area contributed by atoms with E-state index in [1.807, 2.05) is 20.8 Å². The molecule has 1 amide bonds. The highest BCUT2D eigenvalue weighted by molar-refractivity contribution is 7.19. The summed E-state index contributed by atoms with van der Waals surface area (Å²) in [6, 6.07) is 0.115. The van der Waals surface area contributed by atoms with Crippen LogP contribution in [0.4, 0.5) is 4.79 Å². The molecule has 0 bridgehead atoms. The number of rotatable bonds is 5. The second-order valence-corrected chi connectivity index (χ2v) is 10.4. The number of nitrogens with one attached hydrogen (secondary N) is 1. The second kappa shape index (κ2) is 8.67. The zero-order chi connectivity index (χ0) is 21.3. The highest BCUT2D eigenvalue weighted by Gasteiger charge is 2.31. The standard InChI is InChI=1S/C22H31N3O4S/c1-22(2,3)29-21(27)25-14-5-7-15(8-6-14)28-19-18-17-13(10-11-26)4-9-16(17)30-20(18)24-12-23-19/h12-15,26H,4-11H2,1-3H3,(H,25,27)/t13-,14?,15?/m1/s1. The number of aliphatic hydroxyl groups excluding tert-OH is 1. The minimum absolute atomic E-state index is 0.0769. The van der Waals surface area contributed by atoms with E-state index in [-0.39, 0.29) is 24.8 Å². The summed E-state index contributed by atoms with van der Waals surface area (Å²) in [6.45, 7) is 5.80. The van der Waals surface area contributed by atoms with Gasteiger partial charge in [0, 0.05) is 17.5 Å². The third kappa shape index (κ3) is 4.70. The van der Waals surface area contributed by atoms with Gasteiger partial charge in [-0.15, -0.1) is 11.3 Å². The normalized spacial score (nSPS) is 23.9. The largest absolute Gasteiger partial charge is 0.474 e. The van der Waals surface area contributed by atoms with Crippen molar-refractivity contribution < 1.29 is 19.4 Å². The zero-order valence-corrected chi connectivity index (χ0v) is 18.8. The van der Waals surface area contributed by atoms with Crippen LogP contribution in [-0.4, -0.2) is 45.5 Å².